The Morgan fingerprint density at radius 3 is 1.94 bits per heavy atom. The van der Waals surface area contributed by atoms with E-state index in [4.69, 9.17) is 4.74 Å². The third-order valence-electron chi connectivity index (χ3n) is 19.0. The average Bonchev–Trinajstić information content (AvgIpc) is 3.87. The molecule has 0 aromatic rings. The lowest BCUT2D eigenvalue weighted by atomic mass is 9.62. The van der Waals surface area contributed by atoms with Gasteiger partial charge in [0.2, 0.25) is 0 Å². The van der Waals surface area contributed by atoms with Gasteiger partial charge in [0.15, 0.2) is 0 Å². The molecule has 0 radical (unpaired) electrons. The van der Waals surface area contributed by atoms with E-state index in [1.807, 2.05) is 0 Å². The molecule has 8 saturated carbocycles. The summed E-state index contributed by atoms with van der Waals surface area (Å²) in [6.07, 6.45) is 42.4. The van der Waals surface area contributed by atoms with Crippen molar-refractivity contribution < 1.29 is 4.74 Å². The van der Waals surface area contributed by atoms with E-state index in [2.05, 4.69) is 28.4 Å². The minimum atomic E-state index is 0.559. The molecule has 50 heavy (non-hydrogen) atoms. The van der Waals surface area contributed by atoms with E-state index >= 15 is 0 Å². The van der Waals surface area contributed by atoms with Crippen molar-refractivity contribution in [2.75, 3.05) is 0 Å². The standard InChI is InChI=1S/C46H73NOS2/c1-2-10-30-27-31(20-19-28(30)9-1)29-21-23-32(24-22-29)47(38-15-7-13-34-33-11-3-5-17-40(33)48-44(34)38)39-16-8-14-35-36-25-26-42-43(46(36)50-45(35)39)37-12-4-6-18-41(37)49-42/h28-46H,1-27H2. The minimum Gasteiger partial charge on any atom is -0.373 e. The first-order valence-corrected chi connectivity index (χ1v) is 25.4. The lowest BCUT2D eigenvalue weighted by molar-refractivity contribution is -0.0853. The first kappa shape index (κ1) is 33.9. The molecule has 3 heterocycles. The number of nitrogens with zero attached hydrogens (tertiary/aromatic N) is 1. The molecule has 0 bridgehead atoms. The summed E-state index contributed by atoms with van der Waals surface area (Å²) in [5.74, 6) is 10.3. The number of thioether (sulfide) groups is 2. The van der Waals surface area contributed by atoms with Crippen molar-refractivity contribution in [3.8, 4) is 0 Å². The molecule has 8 aliphatic carbocycles. The van der Waals surface area contributed by atoms with Gasteiger partial charge in [-0.2, -0.15) is 23.5 Å². The van der Waals surface area contributed by atoms with Gasteiger partial charge in [0.05, 0.1) is 12.2 Å². The van der Waals surface area contributed by atoms with Crippen LogP contribution in [-0.4, -0.2) is 56.2 Å². The van der Waals surface area contributed by atoms with Crippen LogP contribution < -0.4 is 0 Å². The smallest absolute Gasteiger partial charge is 0.0766 e. The van der Waals surface area contributed by atoms with Crippen molar-refractivity contribution in [1.82, 2.24) is 4.90 Å². The lowest BCUT2D eigenvalue weighted by Gasteiger charge is -2.54. The Hall–Kier alpha value is 0.620. The van der Waals surface area contributed by atoms with Gasteiger partial charge in [0.25, 0.3) is 0 Å². The van der Waals surface area contributed by atoms with Crippen LogP contribution in [0.5, 0.6) is 0 Å². The van der Waals surface area contributed by atoms with Gasteiger partial charge in [0.1, 0.15) is 0 Å². The number of hydrogen-bond donors (Lipinski definition) is 0. The van der Waals surface area contributed by atoms with Crippen molar-refractivity contribution in [3.63, 3.8) is 0 Å². The van der Waals surface area contributed by atoms with Crippen molar-refractivity contribution in [3.05, 3.63) is 0 Å². The van der Waals surface area contributed by atoms with Gasteiger partial charge in [-0.3, -0.25) is 4.90 Å². The molecule has 4 heteroatoms. The molecule has 2 nitrogen and oxygen atoms in total. The van der Waals surface area contributed by atoms with Gasteiger partial charge in [-0.25, -0.2) is 0 Å². The number of ether oxygens (including phenoxy) is 1. The predicted octanol–water partition coefficient (Wildman–Crippen LogP) is 11.9. The first-order chi connectivity index (χ1) is 24.8. The maximum Gasteiger partial charge on any atom is 0.0766 e. The van der Waals surface area contributed by atoms with Gasteiger partial charge in [-0.1, -0.05) is 64.2 Å². The first-order valence-electron chi connectivity index (χ1n) is 23.5. The highest BCUT2D eigenvalue weighted by molar-refractivity contribution is 8.02. The Bertz CT molecular complexity index is 1190. The van der Waals surface area contributed by atoms with Gasteiger partial charge >= 0.3 is 0 Å². The van der Waals surface area contributed by atoms with Crippen molar-refractivity contribution in [2.45, 2.75) is 225 Å². The molecule has 3 aliphatic heterocycles. The Labute approximate surface area is 315 Å². The summed E-state index contributed by atoms with van der Waals surface area (Å²) < 4.78 is 7.38. The monoisotopic (exact) mass is 720 g/mol. The van der Waals surface area contributed by atoms with Crippen LogP contribution in [0.3, 0.4) is 0 Å². The molecule has 280 valence electrons. The summed E-state index contributed by atoms with van der Waals surface area (Å²) in [5, 5.41) is 3.97. The van der Waals surface area contributed by atoms with Gasteiger partial charge in [-0.05, 0) is 168 Å². The second kappa shape index (κ2) is 14.3. The summed E-state index contributed by atoms with van der Waals surface area (Å²) in [4.78, 5) is 3.41. The molecule has 3 saturated heterocycles. The van der Waals surface area contributed by atoms with E-state index in [1.54, 1.807) is 77.0 Å². The highest BCUT2D eigenvalue weighted by atomic mass is 32.2. The average molecular weight is 720 g/mol. The van der Waals surface area contributed by atoms with E-state index in [0.29, 0.717) is 12.2 Å². The SMILES string of the molecule is C1CCC2CC(C3CCC(N(C4CCCC5C6CCCCC6OC54)C4CCCC5C6CCC7SC8CCCCC8C7C6SC54)CC3)CCC2C1. The fourth-order valence-corrected chi connectivity index (χ4v) is 21.6. The maximum atomic E-state index is 7.38. The lowest BCUT2D eigenvalue weighted by Crippen LogP contribution is -2.61. The van der Waals surface area contributed by atoms with E-state index in [1.165, 1.54) is 96.3 Å². The van der Waals surface area contributed by atoms with Crippen molar-refractivity contribution >= 4 is 23.5 Å². The summed E-state index contributed by atoms with van der Waals surface area (Å²) in [6.45, 7) is 0. The summed E-state index contributed by atoms with van der Waals surface area (Å²) in [7, 11) is 0. The molecule has 0 spiro atoms. The molecular formula is C46H73NOS2. The Kier molecular flexibility index (Phi) is 9.69. The largest absolute Gasteiger partial charge is 0.373 e. The third kappa shape index (κ3) is 5.82. The Morgan fingerprint density at radius 2 is 1.04 bits per heavy atom. The second-order valence-corrected chi connectivity index (χ2v) is 23.7. The van der Waals surface area contributed by atoms with E-state index in [0.717, 1.165) is 98.3 Å². The summed E-state index contributed by atoms with van der Waals surface area (Å²) >= 11 is 5.17. The molecule has 0 N–H and O–H groups in total. The molecule has 11 fully saturated rings. The zero-order valence-electron chi connectivity index (χ0n) is 31.7. The third-order valence-corrected chi connectivity index (χ3v) is 22.8. The Balaban J connectivity index is 0.865. The van der Waals surface area contributed by atoms with E-state index in [-0.39, 0.29) is 0 Å². The van der Waals surface area contributed by atoms with Crippen LogP contribution >= 0.6 is 23.5 Å². The normalized spacial score (nSPS) is 56.0. The summed E-state index contributed by atoms with van der Waals surface area (Å²) in [6, 6.07) is 2.41. The van der Waals surface area contributed by atoms with Gasteiger partial charge < -0.3 is 4.74 Å². The topological polar surface area (TPSA) is 12.5 Å². The van der Waals surface area contributed by atoms with Crippen LogP contribution in [0.15, 0.2) is 0 Å². The van der Waals surface area contributed by atoms with Gasteiger partial charge in [0, 0.05) is 39.1 Å². The highest BCUT2D eigenvalue weighted by Crippen LogP contribution is 2.65. The van der Waals surface area contributed by atoms with Crippen LogP contribution in [0.2, 0.25) is 0 Å². The molecular weight excluding hydrogens is 647 g/mol. The Morgan fingerprint density at radius 1 is 0.400 bits per heavy atom. The summed E-state index contributed by atoms with van der Waals surface area (Å²) in [5.41, 5.74) is 0. The zero-order chi connectivity index (χ0) is 32.8. The molecule has 11 rings (SSSR count). The maximum absolute atomic E-state index is 7.38. The molecule has 0 aromatic carbocycles. The molecule has 11 aliphatic rings. The van der Waals surface area contributed by atoms with Crippen molar-refractivity contribution in [1.29, 1.82) is 0 Å². The molecule has 17 atom stereocenters. The number of rotatable bonds is 4. The van der Waals surface area contributed by atoms with Crippen LogP contribution in [0.4, 0.5) is 0 Å². The highest BCUT2D eigenvalue weighted by Gasteiger charge is 2.61. The van der Waals surface area contributed by atoms with E-state index < -0.39 is 0 Å². The quantitative estimate of drug-likeness (QED) is 0.287. The number of fused-ring (bicyclic) bond motifs is 11. The number of hydrogen-bond acceptors (Lipinski definition) is 4. The van der Waals surface area contributed by atoms with E-state index in [9.17, 15) is 0 Å². The molecule has 0 aromatic heterocycles. The van der Waals surface area contributed by atoms with Crippen LogP contribution in [-0.2, 0) is 4.74 Å². The fourth-order valence-electron chi connectivity index (χ4n) is 17.0. The fraction of sp³-hybridized carbons (Fsp3) is 1.00. The van der Waals surface area contributed by atoms with Crippen molar-refractivity contribution in [2.24, 2.45) is 59.2 Å². The predicted molar refractivity (Wildman–Crippen MR) is 212 cm³/mol. The molecule has 0 amide bonds. The van der Waals surface area contributed by atoms with Crippen LogP contribution in [0.25, 0.3) is 0 Å². The molecule has 17 unspecified atom stereocenters. The second-order valence-electron chi connectivity index (χ2n) is 20.9. The minimum absolute atomic E-state index is 0.559. The van der Waals surface area contributed by atoms with Gasteiger partial charge in [-0.15, -0.1) is 0 Å². The zero-order valence-corrected chi connectivity index (χ0v) is 33.4. The van der Waals surface area contributed by atoms with Crippen LogP contribution in [0, 0.1) is 59.2 Å². The van der Waals surface area contributed by atoms with Crippen LogP contribution in [0.1, 0.15) is 173 Å².